The Labute approximate surface area is 167 Å². The Hall–Kier alpha value is -2.03. The average Bonchev–Trinajstić information content (AvgIpc) is 2.58. The predicted octanol–water partition coefficient (Wildman–Crippen LogP) is 3.05. The van der Waals surface area contributed by atoms with Gasteiger partial charge >= 0.3 is 6.18 Å². The molecule has 2 aromatic rings. The van der Waals surface area contributed by atoms with Gasteiger partial charge in [-0.05, 0) is 23.6 Å². The molecule has 10 heteroatoms. The number of carbonyl (C=O) groups is 1. The Morgan fingerprint density at radius 1 is 1.15 bits per heavy atom. The zero-order chi connectivity index (χ0) is 18.3. The predicted molar refractivity (Wildman–Crippen MR) is 100 cm³/mol. The molecule has 1 heterocycles. The highest BCUT2D eigenvalue weighted by Crippen LogP contribution is 2.17. The molecule has 0 aliphatic carbocycles. The van der Waals surface area contributed by atoms with E-state index in [-0.39, 0.29) is 43.1 Å². The number of ether oxygens (including phenoxy) is 1. The molecule has 1 aromatic carbocycles. The molecule has 5 nitrogen and oxygen atoms in total. The van der Waals surface area contributed by atoms with Gasteiger partial charge in [0.2, 0.25) is 11.8 Å². The van der Waals surface area contributed by atoms with E-state index in [1.807, 2.05) is 30.3 Å². The lowest BCUT2D eigenvalue weighted by Gasteiger charge is -2.13. The quantitative estimate of drug-likeness (QED) is 0.714. The number of benzene rings is 1. The zero-order valence-corrected chi connectivity index (χ0v) is 15.7. The summed E-state index contributed by atoms with van der Waals surface area (Å²) in [5.74, 6) is -0.504. The number of aromatic nitrogens is 1. The monoisotopic (exact) mass is 425 g/mol. The van der Waals surface area contributed by atoms with Crippen LogP contribution in [0.1, 0.15) is 11.1 Å². The Bertz CT molecular complexity index is 703. The number of rotatable bonds is 7. The van der Waals surface area contributed by atoms with Crippen LogP contribution in [0.15, 0.2) is 48.7 Å². The first-order valence-electron chi connectivity index (χ1n) is 7.55. The Morgan fingerprint density at radius 2 is 1.81 bits per heavy atom. The second kappa shape index (κ2) is 11.6. The molecule has 0 bridgehead atoms. The highest BCUT2D eigenvalue weighted by molar-refractivity contribution is 5.85. The summed E-state index contributed by atoms with van der Waals surface area (Å²) in [5, 5.41) is 2.65. The molecular weight excluding hydrogens is 406 g/mol. The van der Waals surface area contributed by atoms with Crippen molar-refractivity contribution in [1.29, 1.82) is 0 Å². The van der Waals surface area contributed by atoms with Crippen LogP contribution in [0, 0.1) is 0 Å². The van der Waals surface area contributed by atoms with E-state index in [2.05, 4.69) is 15.0 Å². The van der Waals surface area contributed by atoms with E-state index in [9.17, 15) is 18.0 Å². The topological polar surface area (TPSA) is 77.2 Å². The lowest BCUT2D eigenvalue weighted by Crippen LogP contribution is -2.41. The molecule has 0 fully saturated rings. The fourth-order valence-electron chi connectivity index (χ4n) is 2.08. The third kappa shape index (κ3) is 9.46. The maximum absolute atomic E-state index is 12.1. The summed E-state index contributed by atoms with van der Waals surface area (Å²) in [4.78, 5) is 15.7. The number of hydrogen-bond acceptors (Lipinski definition) is 4. The van der Waals surface area contributed by atoms with Gasteiger partial charge in [0.1, 0.15) is 0 Å². The maximum Gasteiger partial charge on any atom is 0.422 e. The summed E-state index contributed by atoms with van der Waals surface area (Å²) in [6, 6.07) is 11.5. The van der Waals surface area contributed by atoms with Gasteiger partial charge < -0.3 is 15.8 Å². The lowest BCUT2D eigenvalue weighted by molar-refractivity contribution is -0.154. The summed E-state index contributed by atoms with van der Waals surface area (Å²) < 4.78 is 41.0. The summed E-state index contributed by atoms with van der Waals surface area (Å²) in [6.07, 6.45) is -2.73. The summed E-state index contributed by atoms with van der Waals surface area (Å²) in [7, 11) is 0. The second-order valence-electron chi connectivity index (χ2n) is 5.42. The Kier molecular flexibility index (Phi) is 10.8. The number of alkyl halides is 3. The van der Waals surface area contributed by atoms with Gasteiger partial charge in [0.05, 0.1) is 6.04 Å². The van der Waals surface area contributed by atoms with E-state index >= 15 is 0 Å². The van der Waals surface area contributed by atoms with Crippen LogP contribution in [0.5, 0.6) is 5.88 Å². The maximum atomic E-state index is 12.1. The van der Waals surface area contributed by atoms with E-state index in [1.165, 1.54) is 12.3 Å². The first kappa shape index (κ1) is 25.0. The minimum absolute atomic E-state index is 0. The number of nitrogens with two attached hydrogens (primary N) is 1. The van der Waals surface area contributed by atoms with Crippen LogP contribution in [0.3, 0.4) is 0 Å². The van der Waals surface area contributed by atoms with E-state index in [4.69, 9.17) is 5.73 Å². The van der Waals surface area contributed by atoms with Gasteiger partial charge in [-0.3, -0.25) is 4.79 Å². The highest BCUT2D eigenvalue weighted by atomic mass is 35.5. The molecule has 3 N–H and O–H groups in total. The van der Waals surface area contributed by atoms with Crippen LogP contribution >= 0.6 is 24.8 Å². The molecule has 0 spiro atoms. The van der Waals surface area contributed by atoms with Gasteiger partial charge in [-0.2, -0.15) is 13.2 Å². The van der Waals surface area contributed by atoms with E-state index in [0.29, 0.717) is 12.0 Å². The average molecular weight is 426 g/mol. The molecule has 1 atom stereocenters. The number of nitrogens with zero attached hydrogens (tertiary/aromatic N) is 1. The van der Waals surface area contributed by atoms with E-state index < -0.39 is 18.8 Å². The van der Waals surface area contributed by atoms with Crippen molar-refractivity contribution in [2.45, 2.75) is 25.2 Å². The molecule has 1 aromatic heterocycles. The van der Waals surface area contributed by atoms with Gasteiger partial charge in [-0.1, -0.05) is 30.3 Å². The van der Waals surface area contributed by atoms with Crippen molar-refractivity contribution in [1.82, 2.24) is 10.3 Å². The van der Waals surface area contributed by atoms with E-state index in [0.717, 1.165) is 5.56 Å². The van der Waals surface area contributed by atoms with Crippen molar-refractivity contribution < 1.29 is 22.7 Å². The minimum Gasteiger partial charge on any atom is -0.468 e. The Balaban J connectivity index is 0.00000338. The van der Waals surface area contributed by atoms with Crippen LogP contribution in [0.25, 0.3) is 0 Å². The number of pyridine rings is 1. The van der Waals surface area contributed by atoms with Gasteiger partial charge in [-0.15, -0.1) is 24.8 Å². The van der Waals surface area contributed by atoms with Crippen LogP contribution in [0.4, 0.5) is 13.2 Å². The SMILES string of the molecule is Cl.Cl.NC(Cc1ccccc1)C(=O)NCc1ccnc(OCC(F)(F)F)c1. The second-order valence-corrected chi connectivity index (χ2v) is 5.42. The lowest BCUT2D eigenvalue weighted by atomic mass is 10.1. The number of carbonyl (C=O) groups excluding carboxylic acids is 1. The van der Waals surface area contributed by atoms with Crippen molar-refractivity contribution in [2.24, 2.45) is 5.73 Å². The standard InChI is InChI=1S/C17H18F3N3O2.2ClH/c18-17(19,20)11-25-15-9-13(6-7-22-15)10-23-16(24)14(21)8-12-4-2-1-3-5-12;;/h1-7,9,14H,8,10-11,21H2,(H,23,24);2*1H. The third-order valence-corrected chi connectivity index (χ3v) is 3.28. The van der Waals surface area contributed by atoms with Crippen molar-refractivity contribution in [3.63, 3.8) is 0 Å². The van der Waals surface area contributed by atoms with Crippen LogP contribution in [-0.2, 0) is 17.8 Å². The van der Waals surface area contributed by atoms with Crippen LogP contribution < -0.4 is 15.8 Å². The molecule has 150 valence electrons. The first-order valence-corrected chi connectivity index (χ1v) is 7.55. The van der Waals surface area contributed by atoms with Gasteiger partial charge in [-0.25, -0.2) is 4.98 Å². The van der Waals surface area contributed by atoms with Gasteiger partial charge in [0.15, 0.2) is 6.61 Å². The fraction of sp³-hybridized carbons (Fsp3) is 0.294. The summed E-state index contributed by atoms with van der Waals surface area (Å²) in [6.45, 7) is -1.30. The molecule has 0 saturated carbocycles. The molecular formula is C17H20Cl2F3N3O2. The zero-order valence-electron chi connectivity index (χ0n) is 14.1. The Morgan fingerprint density at radius 3 is 2.44 bits per heavy atom. The smallest absolute Gasteiger partial charge is 0.422 e. The van der Waals surface area contributed by atoms with Crippen molar-refractivity contribution in [2.75, 3.05) is 6.61 Å². The van der Waals surface area contributed by atoms with Crippen LogP contribution in [0.2, 0.25) is 0 Å². The molecule has 0 saturated heterocycles. The summed E-state index contributed by atoms with van der Waals surface area (Å²) in [5.41, 5.74) is 7.37. The molecule has 27 heavy (non-hydrogen) atoms. The third-order valence-electron chi connectivity index (χ3n) is 3.28. The van der Waals surface area contributed by atoms with Gasteiger partial charge in [0.25, 0.3) is 0 Å². The molecule has 0 aliphatic heterocycles. The summed E-state index contributed by atoms with van der Waals surface area (Å²) >= 11 is 0. The minimum atomic E-state index is -4.43. The number of halogens is 5. The molecule has 0 radical (unpaired) electrons. The normalized spacial score (nSPS) is 11.6. The number of nitrogens with one attached hydrogen (secondary N) is 1. The largest absolute Gasteiger partial charge is 0.468 e. The van der Waals surface area contributed by atoms with Gasteiger partial charge in [0, 0.05) is 18.8 Å². The fourth-order valence-corrected chi connectivity index (χ4v) is 2.08. The molecule has 1 amide bonds. The van der Waals surface area contributed by atoms with Crippen molar-refractivity contribution in [3.05, 3.63) is 59.8 Å². The highest BCUT2D eigenvalue weighted by Gasteiger charge is 2.28. The van der Waals surface area contributed by atoms with Crippen molar-refractivity contribution >= 4 is 30.7 Å². The van der Waals surface area contributed by atoms with E-state index in [1.54, 1.807) is 6.07 Å². The van der Waals surface area contributed by atoms with Crippen molar-refractivity contribution in [3.8, 4) is 5.88 Å². The first-order chi connectivity index (χ1) is 11.8. The molecule has 1 unspecified atom stereocenters. The molecule has 2 rings (SSSR count). The number of amides is 1. The molecule has 0 aliphatic rings. The number of hydrogen-bond donors (Lipinski definition) is 2. The van der Waals surface area contributed by atoms with Crippen LogP contribution in [-0.4, -0.2) is 29.7 Å².